The van der Waals surface area contributed by atoms with Crippen LogP contribution in [0.1, 0.15) is 33.2 Å². The lowest BCUT2D eigenvalue weighted by molar-refractivity contribution is -0.0197. The molecule has 4 aromatic rings. The number of benzene rings is 2. The summed E-state index contributed by atoms with van der Waals surface area (Å²) < 4.78 is 42.6. The van der Waals surface area contributed by atoms with E-state index in [0.717, 1.165) is 12.1 Å². The van der Waals surface area contributed by atoms with Crippen LogP contribution in [0.25, 0.3) is 11.1 Å². The lowest BCUT2D eigenvalue weighted by Gasteiger charge is -2.51. The quantitative estimate of drug-likeness (QED) is 0.406. The number of oxazole rings is 1. The van der Waals surface area contributed by atoms with Crippen LogP contribution in [0.4, 0.5) is 8.78 Å². The van der Waals surface area contributed by atoms with Crippen molar-refractivity contribution in [2.75, 3.05) is 24.8 Å². The second-order valence-electron chi connectivity index (χ2n) is 8.96. The number of hydrogen-bond donors (Lipinski definition) is 1. The number of amides is 1. The maximum atomic E-state index is 15.3. The van der Waals surface area contributed by atoms with Crippen molar-refractivity contribution in [2.24, 2.45) is 0 Å². The SMILES string of the molecule is O=C1c2c(O)c(=O)ccn2N([C@H]2c3ccc(F)c(F)c3CSc3c2ccc2ncoc32)[C@@H]2COCCN12. The highest BCUT2D eigenvalue weighted by Gasteiger charge is 2.46. The van der Waals surface area contributed by atoms with E-state index < -0.39 is 40.9 Å². The molecule has 1 saturated heterocycles. The Bertz CT molecular complexity index is 1670. The van der Waals surface area contributed by atoms with Crippen LogP contribution in [0, 0.1) is 11.6 Å². The Hall–Kier alpha value is -3.90. The summed E-state index contributed by atoms with van der Waals surface area (Å²) in [4.78, 5) is 32.2. The van der Waals surface area contributed by atoms with Gasteiger partial charge < -0.3 is 19.2 Å². The topological polar surface area (TPSA) is 101 Å². The average molecular weight is 525 g/mol. The smallest absolute Gasteiger partial charge is 0.278 e. The Morgan fingerprint density at radius 2 is 1.95 bits per heavy atom. The van der Waals surface area contributed by atoms with E-state index in [1.54, 1.807) is 11.1 Å². The van der Waals surface area contributed by atoms with Gasteiger partial charge in [-0.15, -0.1) is 11.8 Å². The number of fused-ring (bicyclic) bond motifs is 6. The predicted molar refractivity (Wildman–Crippen MR) is 128 cm³/mol. The minimum Gasteiger partial charge on any atom is -0.502 e. The van der Waals surface area contributed by atoms with Gasteiger partial charge in [-0.25, -0.2) is 13.8 Å². The number of halogens is 2. The summed E-state index contributed by atoms with van der Waals surface area (Å²) in [6.45, 7) is 0.628. The van der Waals surface area contributed by atoms with Gasteiger partial charge in [-0.2, -0.15) is 0 Å². The molecule has 1 fully saturated rings. The highest BCUT2D eigenvalue weighted by atomic mass is 32.2. The fraction of sp³-hybridized carbons (Fsp3) is 0.240. The molecule has 0 unspecified atom stereocenters. The summed E-state index contributed by atoms with van der Waals surface area (Å²) in [5, 5.41) is 12.5. The first-order valence-electron chi connectivity index (χ1n) is 11.5. The van der Waals surface area contributed by atoms with Gasteiger partial charge in [0.15, 0.2) is 35.1 Å². The molecule has 2 atom stereocenters. The molecule has 0 aliphatic carbocycles. The lowest BCUT2D eigenvalue weighted by atomic mass is 9.92. The van der Waals surface area contributed by atoms with Crippen molar-refractivity contribution < 1.29 is 27.8 Å². The van der Waals surface area contributed by atoms with Gasteiger partial charge in [0.25, 0.3) is 5.91 Å². The standard InChI is InChI=1S/C25H18F2N4O5S/c26-15-3-1-12-14(19(15)27)10-37-24-13(2-4-16-23(24)36-11-28-16)20(12)31-18-9-35-8-7-29(18)25(34)21-22(33)17(32)5-6-30(21)31/h1-6,11,18,20,33H,7-10H2/t18-,20+/m1/s1. The summed E-state index contributed by atoms with van der Waals surface area (Å²) in [6, 6.07) is 6.64. The third kappa shape index (κ3) is 3.08. The molecule has 1 amide bonds. The van der Waals surface area contributed by atoms with Gasteiger partial charge in [0.05, 0.1) is 24.2 Å². The van der Waals surface area contributed by atoms with Crippen molar-refractivity contribution in [1.29, 1.82) is 0 Å². The maximum Gasteiger partial charge on any atom is 0.278 e. The van der Waals surface area contributed by atoms with Gasteiger partial charge >= 0.3 is 0 Å². The highest BCUT2D eigenvalue weighted by Crippen LogP contribution is 2.47. The Labute approximate surface area is 211 Å². The van der Waals surface area contributed by atoms with Crippen LogP contribution < -0.4 is 10.4 Å². The van der Waals surface area contributed by atoms with Crippen LogP contribution in [-0.2, 0) is 10.5 Å². The monoisotopic (exact) mass is 524 g/mol. The Morgan fingerprint density at radius 1 is 1.11 bits per heavy atom. The van der Waals surface area contributed by atoms with Gasteiger partial charge in [-0.1, -0.05) is 12.1 Å². The number of thioether (sulfide) groups is 1. The third-order valence-corrected chi connectivity index (χ3v) is 8.25. The van der Waals surface area contributed by atoms with Crippen LogP contribution in [0.3, 0.4) is 0 Å². The van der Waals surface area contributed by atoms with Crippen LogP contribution >= 0.6 is 11.8 Å². The van der Waals surface area contributed by atoms with E-state index in [4.69, 9.17) is 9.15 Å². The molecule has 2 aromatic carbocycles. The second kappa shape index (κ2) is 8.05. The predicted octanol–water partition coefficient (Wildman–Crippen LogP) is 3.12. The number of nitrogens with zero attached hydrogens (tertiary/aromatic N) is 4. The zero-order valence-electron chi connectivity index (χ0n) is 19.1. The van der Waals surface area contributed by atoms with E-state index in [0.29, 0.717) is 27.1 Å². The molecule has 5 heterocycles. The van der Waals surface area contributed by atoms with Crippen molar-refractivity contribution in [2.45, 2.75) is 22.9 Å². The van der Waals surface area contributed by atoms with Gasteiger partial charge in [-0.3, -0.25) is 19.3 Å². The number of morpholine rings is 1. The fourth-order valence-corrected chi connectivity index (χ4v) is 6.63. The van der Waals surface area contributed by atoms with E-state index >= 15 is 4.39 Å². The van der Waals surface area contributed by atoms with E-state index in [-0.39, 0.29) is 36.8 Å². The molecular formula is C25H18F2N4O5S. The Balaban J connectivity index is 1.57. The molecule has 0 spiro atoms. The van der Waals surface area contributed by atoms with E-state index in [9.17, 15) is 19.1 Å². The van der Waals surface area contributed by atoms with E-state index in [1.165, 1.54) is 40.0 Å². The summed E-state index contributed by atoms with van der Waals surface area (Å²) in [7, 11) is 0. The lowest BCUT2D eigenvalue weighted by Crippen LogP contribution is -2.66. The van der Waals surface area contributed by atoms with Crippen LogP contribution in [0.5, 0.6) is 5.75 Å². The summed E-state index contributed by atoms with van der Waals surface area (Å²) >= 11 is 1.31. The molecular weight excluding hydrogens is 506 g/mol. The first kappa shape index (κ1) is 22.3. The average Bonchev–Trinajstić information content (AvgIpc) is 3.32. The number of aromatic hydroxyl groups is 1. The second-order valence-corrected chi connectivity index (χ2v) is 9.95. The number of carbonyl (C=O) groups is 1. The first-order chi connectivity index (χ1) is 18.0. The molecule has 12 heteroatoms. The molecule has 188 valence electrons. The highest BCUT2D eigenvalue weighted by molar-refractivity contribution is 7.98. The zero-order chi connectivity index (χ0) is 25.4. The molecule has 3 aliphatic rings. The minimum atomic E-state index is -0.966. The molecule has 0 saturated carbocycles. The molecule has 9 nitrogen and oxygen atoms in total. The third-order valence-electron chi connectivity index (χ3n) is 7.11. The van der Waals surface area contributed by atoms with Crippen molar-refractivity contribution in [1.82, 2.24) is 14.6 Å². The summed E-state index contributed by atoms with van der Waals surface area (Å²) in [5.74, 6) is -2.99. The summed E-state index contributed by atoms with van der Waals surface area (Å²) in [6.07, 6.45) is 2.07. The number of ether oxygens (including phenoxy) is 1. The van der Waals surface area contributed by atoms with Gasteiger partial charge in [0.1, 0.15) is 11.7 Å². The summed E-state index contributed by atoms with van der Waals surface area (Å²) in [5.41, 5.74) is 1.59. The van der Waals surface area contributed by atoms with Gasteiger partial charge in [0, 0.05) is 30.1 Å². The van der Waals surface area contributed by atoms with Crippen molar-refractivity contribution in [3.05, 3.63) is 87.2 Å². The number of pyridine rings is 1. The fourth-order valence-electron chi connectivity index (χ4n) is 5.42. The molecule has 2 aromatic heterocycles. The number of carbonyl (C=O) groups excluding carboxylic acids is 1. The van der Waals surface area contributed by atoms with Crippen LogP contribution in [0.2, 0.25) is 0 Å². The molecule has 0 bridgehead atoms. The van der Waals surface area contributed by atoms with Crippen molar-refractivity contribution in [3.63, 3.8) is 0 Å². The molecule has 3 aliphatic heterocycles. The molecule has 7 rings (SSSR count). The van der Waals surface area contributed by atoms with Crippen molar-refractivity contribution >= 4 is 28.8 Å². The largest absolute Gasteiger partial charge is 0.502 e. The number of hydrogen-bond acceptors (Lipinski definition) is 8. The maximum absolute atomic E-state index is 15.3. The Morgan fingerprint density at radius 3 is 2.81 bits per heavy atom. The first-order valence-corrected chi connectivity index (χ1v) is 12.5. The van der Waals surface area contributed by atoms with Crippen LogP contribution in [0.15, 0.2) is 57.0 Å². The van der Waals surface area contributed by atoms with E-state index in [1.807, 2.05) is 6.07 Å². The normalized spacial score (nSPS) is 20.8. The molecule has 1 N–H and O–H groups in total. The number of aromatic nitrogens is 2. The Kier molecular flexibility index (Phi) is 4.85. The van der Waals surface area contributed by atoms with Gasteiger partial charge in [0.2, 0.25) is 5.43 Å². The molecule has 37 heavy (non-hydrogen) atoms. The molecule has 0 radical (unpaired) electrons. The zero-order valence-corrected chi connectivity index (χ0v) is 19.9. The van der Waals surface area contributed by atoms with E-state index in [2.05, 4.69) is 4.98 Å². The van der Waals surface area contributed by atoms with Crippen LogP contribution in [-0.4, -0.2) is 51.5 Å². The van der Waals surface area contributed by atoms with Gasteiger partial charge in [-0.05, 0) is 23.3 Å². The number of rotatable bonds is 1. The minimum absolute atomic E-state index is 0.126. The van der Waals surface area contributed by atoms with Crippen molar-refractivity contribution in [3.8, 4) is 5.75 Å².